The highest BCUT2D eigenvalue weighted by Crippen LogP contribution is 2.36. The first kappa shape index (κ1) is 17.6. The molecular formula is C17H21NO4S. The van der Waals surface area contributed by atoms with Crippen molar-refractivity contribution in [2.75, 3.05) is 6.54 Å². The van der Waals surface area contributed by atoms with Crippen molar-refractivity contribution in [3.05, 3.63) is 35.4 Å². The molecule has 23 heavy (non-hydrogen) atoms. The molecule has 124 valence electrons. The Kier molecular flexibility index (Phi) is 5.16. The first-order chi connectivity index (χ1) is 10.7. The van der Waals surface area contributed by atoms with Gasteiger partial charge in [0, 0.05) is 10.8 Å². The minimum atomic E-state index is -1.07. The number of likely N-dealkylation sites (tertiary alicyclic amines) is 1. The maximum atomic E-state index is 12.1. The predicted molar refractivity (Wildman–Crippen MR) is 90.4 cm³/mol. The molecule has 1 heterocycles. The number of carboxylic acid groups (broad SMARTS) is 1. The van der Waals surface area contributed by atoms with E-state index in [0.29, 0.717) is 4.86 Å². The van der Waals surface area contributed by atoms with Crippen LogP contribution in [0.5, 0.6) is 0 Å². The second-order valence-electron chi connectivity index (χ2n) is 6.14. The number of thiocarbonyl (C=S) groups is 1. The van der Waals surface area contributed by atoms with Gasteiger partial charge in [0.1, 0.15) is 6.54 Å². The van der Waals surface area contributed by atoms with Gasteiger partial charge in [-0.15, -0.1) is 0 Å². The molecule has 1 aliphatic heterocycles. The van der Waals surface area contributed by atoms with Gasteiger partial charge in [0.15, 0.2) is 0 Å². The van der Waals surface area contributed by atoms with Crippen LogP contribution in [-0.4, -0.2) is 50.5 Å². The third-order valence-corrected chi connectivity index (χ3v) is 4.99. The summed E-state index contributed by atoms with van der Waals surface area (Å²) in [6.45, 7) is 5.05. The highest BCUT2D eigenvalue weighted by molar-refractivity contribution is 7.80. The Morgan fingerprint density at radius 1 is 1.30 bits per heavy atom. The summed E-state index contributed by atoms with van der Waals surface area (Å²) in [5.74, 6) is -2.22. The molecule has 6 heteroatoms. The number of aliphatic hydroxyl groups is 1. The van der Waals surface area contributed by atoms with Crippen LogP contribution in [0.2, 0.25) is 0 Å². The molecule has 0 saturated carbocycles. The molecule has 0 spiro atoms. The van der Waals surface area contributed by atoms with Gasteiger partial charge in [0.2, 0.25) is 5.91 Å². The number of hydrogen-bond acceptors (Lipinski definition) is 4. The van der Waals surface area contributed by atoms with E-state index >= 15 is 0 Å². The molecule has 0 aromatic heterocycles. The van der Waals surface area contributed by atoms with Gasteiger partial charge in [0.05, 0.1) is 18.1 Å². The molecule has 5 nitrogen and oxygen atoms in total. The van der Waals surface area contributed by atoms with Gasteiger partial charge in [-0.05, 0) is 19.4 Å². The summed E-state index contributed by atoms with van der Waals surface area (Å²) in [5, 5.41) is 18.9. The van der Waals surface area contributed by atoms with Crippen LogP contribution < -0.4 is 0 Å². The summed E-state index contributed by atoms with van der Waals surface area (Å²) in [7, 11) is 0. The fourth-order valence-corrected chi connectivity index (χ4v) is 3.41. The van der Waals surface area contributed by atoms with Gasteiger partial charge in [-0.1, -0.05) is 49.0 Å². The Morgan fingerprint density at radius 2 is 1.87 bits per heavy atom. The van der Waals surface area contributed by atoms with Crippen LogP contribution in [0.4, 0.5) is 0 Å². The maximum absolute atomic E-state index is 12.1. The molecular weight excluding hydrogens is 314 g/mol. The van der Waals surface area contributed by atoms with Gasteiger partial charge >= 0.3 is 5.97 Å². The lowest BCUT2D eigenvalue weighted by atomic mass is 9.74. The van der Waals surface area contributed by atoms with Gasteiger partial charge in [-0.2, -0.15) is 0 Å². The highest BCUT2D eigenvalue weighted by Gasteiger charge is 2.53. The Hall–Kier alpha value is -1.79. The lowest BCUT2D eigenvalue weighted by molar-refractivity contribution is -0.171. The lowest BCUT2D eigenvalue weighted by Crippen LogP contribution is -2.68. The van der Waals surface area contributed by atoms with E-state index < -0.39 is 24.0 Å². The monoisotopic (exact) mass is 335 g/mol. The van der Waals surface area contributed by atoms with Crippen LogP contribution in [0, 0.1) is 18.8 Å². The van der Waals surface area contributed by atoms with Crippen molar-refractivity contribution in [1.29, 1.82) is 0 Å². The number of hydrogen-bond donors (Lipinski definition) is 2. The number of aliphatic carboxylic acids is 1. The molecule has 0 unspecified atom stereocenters. The molecule has 0 bridgehead atoms. The van der Waals surface area contributed by atoms with E-state index in [4.69, 9.17) is 17.3 Å². The topological polar surface area (TPSA) is 77.8 Å². The van der Waals surface area contributed by atoms with E-state index in [1.165, 1.54) is 4.90 Å². The van der Waals surface area contributed by atoms with Crippen LogP contribution in [-0.2, 0) is 9.59 Å². The molecule has 4 atom stereocenters. The minimum absolute atomic E-state index is 0.218. The molecule has 1 aliphatic rings. The Labute approximate surface area is 140 Å². The molecule has 1 aromatic rings. The highest BCUT2D eigenvalue weighted by atomic mass is 32.1. The van der Waals surface area contributed by atoms with Crippen molar-refractivity contribution >= 4 is 29.0 Å². The number of benzene rings is 1. The number of aryl methyl sites for hydroxylation is 1. The number of carbonyl (C=O) groups excluding carboxylic acids is 1. The molecule has 0 radical (unpaired) electrons. The number of carboxylic acids is 1. The summed E-state index contributed by atoms with van der Waals surface area (Å²) in [6, 6.07) is 7.37. The first-order valence-electron chi connectivity index (χ1n) is 7.55. The third-order valence-electron chi connectivity index (χ3n) is 4.38. The van der Waals surface area contributed by atoms with E-state index in [-0.39, 0.29) is 18.4 Å². The second kappa shape index (κ2) is 6.76. The number of rotatable bonds is 6. The zero-order chi connectivity index (χ0) is 17.3. The molecule has 2 N–H and O–H groups in total. The van der Waals surface area contributed by atoms with E-state index in [2.05, 4.69) is 0 Å². The molecule has 1 saturated heterocycles. The summed E-state index contributed by atoms with van der Waals surface area (Å²) in [6.07, 6.45) is -0.833. The summed E-state index contributed by atoms with van der Waals surface area (Å²) < 4.78 is 0. The smallest absolute Gasteiger partial charge is 0.323 e. The normalized spacial score (nSPS) is 23.1. The molecule has 1 fully saturated rings. The Balaban J connectivity index is 2.24. The number of nitrogens with zero attached hydrogens (tertiary/aromatic N) is 1. The van der Waals surface area contributed by atoms with Crippen LogP contribution in [0.25, 0.3) is 0 Å². The van der Waals surface area contributed by atoms with E-state index in [1.807, 2.05) is 38.1 Å². The fourth-order valence-electron chi connectivity index (χ4n) is 3.13. The average molecular weight is 335 g/mol. The SMILES string of the molecule is Cc1ccc(C(=S)[C@H](C)[C@@H]2[C@@H]([C@@H](C)O)C(=O)N2CC(=O)O)cc1. The summed E-state index contributed by atoms with van der Waals surface area (Å²) >= 11 is 5.54. The standard InChI is InChI=1S/C17H21NO4S/c1-9-4-6-12(7-5-9)16(23)10(2)15-14(11(3)19)17(22)18(15)8-13(20)21/h4-7,10-11,14-15,19H,8H2,1-3H3,(H,20,21)/t10-,11-,14-,15-/m1/s1. The van der Waals surface area contributed by atoms with Crippen molar-refractivity contribution in [1.82, 2.24) is 4.90 Å². The molecule has 2 rings (SSSR count). The van der Waals surface area contributed by atoms with Crippen molar-refractivity contribution < 1.29 is 19.8 Å². The van der Waals surface area contributed by atoms with Crippen molar-refractivity contribution in [3.8, 4) is 0 Å². The molecule has 1 amide bonds. The Morgan fingerprint density at radius 3 is 2.35 bits per heavy atom. The Bertz CT molecular complexity index is 626. The zero-order valence-corrected chi connectivity index (χ0v) is 14.2. The number of aliphatic hydroxyl groups excluding tert-OH is 1. The minimum Gasteiger partial charge on any atom is -0.480 e. The van der Waals surface area contributed by atoms with E-state index in [0.717, 1.165) is 11.1 Å². The predicted octanol–water partition coefficient (Wildman–Crippen LogP) is 1.64. The zero-order valence-electron chi connectivity index (χ0n) is 13.4. The third kappa shape index (κ3) is 3.43. The summed E-state index contributed by atoms with van der Waals surface area (Å²) in [5.41, 5.74) is 2.01. The number of β-lactam (4-membered cyclic amide) rings is 1. The number of carbonyl (C=O) groups is 2. The second-order valence-corrected chi connectivity index (χ2v) is 6.58. The van der Waals surface area contributed by atoms with Gasteiger partial charge in [-0.3, -0.25) is 9.59 Å². The average Bonchev–Trinajstić information content (AvgIpc) is 2.48. The van der Waals surface area contributed by atoms with Crippen LogP contribution in [0.3, 0.4) is 0 Å². The summed E-state index contributed by atoms with van der Waals surface area (Å²) in [4.78, 5) is 25.1. The number of amides is 1. The van der Waals surface area contributed by atoms with Gasteiger partial charge < -0.3 is 15.1 Å². The van der Waals surface area contributed by atoms with Crippen molar-refractivity contribution in [3.63, 3.8) is 0 Å². The quantitative estimate of drug-likeness (QED) is 0.469. The van der Waals surface area contributed by atoms with Gasteiger partial charge in [0.25, 0.3) is 0 Å². The van der Waals surface area contributed by atoms with Crippen LogP contribution in [0.1, 0.15) is 25.0 Å². The largest absolute Gasteiger partial charge is 0.480 e. The van der Waals surface area contributed by atoms with Gasteiger partial charge in [-0.25, -0.2) is 0 Å². The van der Waals surface area contributed by atoms with Crippen molar-refractivity contribution in [2.45, 2.75) is 32.9 Å². The first-order valence-corrected chi connectivity index (χ1v) is 7.96. The fraction of sp³-hybridized carbons (Fsp3) is 0.471. The van der Waals surface area contributed by atoms with Crippen molar-refractivity contribution in [2.24, 2.45) is 11.8 Å². The van der Waals surface area contributed by atoms with E-state index in [9.17, 15) is 14.7 Å². The van der Waals surface area contributed by atoms with Crippen LogP contribution >= 0.6 is 12.2 Å². The maximum Gasteiger partial charge on any atom is 0.323 e. The molecule has 0 aliphatic carbocycles. The molecule has 1 aromatic carbocycles. The van der Waals surface area contributed by atoms with E-state index in [1.54, 1.807) is 6.92 Å². The van der Waals surface area contributed by atoms with Crippen LogP contribution in [0.15, 0.2) is 24.3 Å². The lowest BCUT2D eigenvalue weighted by Gasteiger charge is -2.50.